The molecule has 0 radical (unpaired) electrons. The summed E-state index contributed by atoms with van der Waals surface area (Å²) in [5, 5.41) is 9.32. The summed E-state index contributed by atoms with van der Waals surface area (Å²) in [6.07, 6.45) is 0.210. The van der Waals surface area contributed by atoms with Crippen molar-refractivity contribution in [1.82, 2.24) is 0 Å². The van der Waals surface area contributed by atoms with Gasteiger partial charge >= 0.3 is 0 Å². The van der Waals surface area contributed by atoms with Gasteiger partial charge in [-0.05, 0) is 10.9 Å². The van der Waals surface area contributed by atoms with Gasteiger partial charge in [-0.25, -0.2) is 0 Å². The number of ketones is 1. The Balaban J connectivity index is 2.73. The van der Waals surface area contributed by atoms with E-state index >= 15 is 0 Å². The van der Waals surface area contributed by atoms with E-state index in [2.05, 4.69) is 9.24 Å². The zero-order valence-corrected chi connectivity index (χ0v) is 7.60. The molecule has 1 aromatic rings. The standard InChI is InChI=1S/C9H8NOP/c10-6-8(11)5-7-1-3-9(12)4-2-7/h1-4H,5,12H2. The Kier molecular flexibility index (Phi) is 2.96. The maximum atomic E-state index is 10.7. The molecule has 0 saturated heterocycles. The first-order chi connectivity index (χ1) is 5.72. The quantitative estimate of drug-likeness (QED) is 0.495. The van der Waals surface area contributed by atoms with Crippen molar-refractivity contribution in [1.29, 1.82) is 5.26 Å². The summed E-state index contributed by atoms with van der Waals surface area (Å²) in [5.41, 5.74) is 0.882. The van der Waals surface area contributed by atoms with E-state index < -0.39 is 5.78 Å². The van der Waals surface area contributed by atoms with E-state index in [4.69, 9.17) is 5.26 Å². The lowest BCUT2D eigenvalue weighted by Crippen LogP contribution is -1.99. The molecule has 0 bridgehead atoms. The van der Waals surface area contributed by atoms with Gasteiger partial charge in [0.1, 0.15) is 6.07 Å². The van der Waals surface area contributed by atoms with E-state index in [1.807, 2.05) is 24.3 Å². The van der Waals surface area contributed by atoms with E-state index in [0.29, 0.717) is 0 Å². The highest BCUT2D eigenvalue weighted by Crippen LogP contribution is 2.00. The van der Waals surface area contributed by atoms with Gasteiger partial charge < -0.3 is 0 Å². The van der Waals surface area contributed by atoms with Gasteiger partial charge in [-0.3, -0.25) is 4.79 Å². The second-order valence-electron chi connectivity index (χ2n) is 2.45. The molecule has 3 heteroatoms. The van der Waals surface area contributed by atoms with Crippen LogP contribution in [0.4, 0.5) is 0 Å². The number of carbonyl (C=O) groups excluding carboxylic acids is 1. The van der Waals surface area contributed by atoms with Crippen LogP contribution in [0.25, 0.3) is 0 Å². The predicted octanol–water partition coefficient (Wildman–Crippen LogP) is 0.822. The number of nitrogens with zero attached hydrogens (tertiary/aromatic N) is 1. The maximum Gasteiger partial charge on any atom is 0.236 e. The van der Waals surface area contributed by atoms with Crippen molar-refractivity contribution in [2.75, 3.05) is 0 Å². The van der Waals surface area contributed by atoms with Crippen LogP contribution < -0.4 is 5.30 Å². The molecule has 0 saturated carbocycles. The molecule has 1 unspecified atom stereocenters. The molecule has 0 aromatic heterocycles. The highest BCUT2D eigenvalue weighted by molar-refractivity contribution is 7.27. The zero-order valence-electron chi connectivity index (χ0n) is 6.45. The van der Waals surface area contributed by atoms with E-state index in [1.54, 1.807) is 6.07 Å². The van der Waals surface area contributed by atoms with E-state index in [0.717, 1.165) is 10.9 Å². The Morgan fingerprint density at radius 1 is 1.42 bits per heavy atom. The summed E-state index contributed by atoms with van der Waals surface area (Å²) in [4.78, 5) is 10.7. The summed E-state index contributed by atoms with van der Waals surface area (Å²) in [7, 11) is 2.56. The maximum absolute atomic E-state index is 10.7. The van der Waals surface area contributed by atoms with E-state index in [1.165, 1.54) is 0 Å². The predicted molar refractivity (Wildman–Crippen MR) is 50.1 cm³/mol. The lowest BCUT2D eigenvalue weighted by atomic mass is 10.1. The second-order valence-corrected chi connectivity index (χ2v) is 3.12. The molecule has 2 nitrogen and oxygen atoms in total. The molecule has 12 heavy (non-hydrogen) atoms. The number of Topliss-reactive ketones (excluding diaryl/α,β-unsaturated/α-hetero) is 1. The SMILES string of the molecule is N#CC(=O)Cc1ccc(P)cc1. The van der Waals surface area contributed by atoms with Gasteiger partial charge in [0.15, 0.2) is 0 Å². The summed E-state index contributed by atoms with van der Waals surface area (Å²) in [6.45, 7) is 0. The molecule has 1 atom stereocenters. The summed E-state index contributed by atoms with van der Waals surface area (Å²) < 4.78 is 0. The number of nitriles is 1. The lowest BCUT2D eigenvalue weighted by molar-refractivity contribution is -0.113. The van der Waals surface area contributed by atoms with Gasteiger partial charge in [0.2, 0.25) is 5.78 Å². The normalized spacial score (nSPS) is 9.00. The molecule has 1 aromatic carbocycles. The lowest BCUT2D eigenvalue weighted by Gasteiger charge is -1.95. The van der Waals surface area contributed by atoms with Crippen molar-refractivity contribution >= 4 is 20.3 Å². The molecule has 0 aliphatic carbocycles. The van der Waals surface area contributed by atoms with Crippen LogP contribution in [0.5, 0.6) is 0 Å². The minimum absolute atomic E-state index is 0.210. The van der Waals surface area contributed by atoms with Crippen LogP contribution in [-0.2, 0) is 11.2 Å². The van der Waals surface area contributed by atoms with Crippen LogP contribution in [0.15, 0.2) is 24.3 Å². The van der Waals surface area contributed by atoms with Crippen molar-refractivity contribution in [2.24, 2.45) is 0 Å². The molecule has 0 N–H and O–H groups in total. The third-order valence-electron chi connectivity index (χ3n) is 1.47. The first-order valence-corrected chi connectivity index (χ1v) is 4.07. The van der Waals surface area contributed by atoms with Crippen molar-refractivity contribution in [2.45, 2.75) is 6.42 Å². The molecular weight excluding hydrogens is 169 g/mol. The second kappa shape index (κ2) is 3.99. The molecule has 0 aliphatic heterocycles. The number of carbonyl (C=O) groups is 1. The minimum Gasteiger partial charge on any atom is -0.282 e. The van der Waals surface area contributed by atoms with Gasteiger partial charge in [-0.1, -0.05) is 24.3 Å². The van der Waals surface area contributed by atoms with Crippen molar-refractivity contribution in [3.8, 4) is 6.07 Å². The van der Waals surface area contributed by atoms with Crippen LogP contribution >= 0.6 is 9.24 Å². The monoisotopic (exact) mass is 177 g/mol. The van der Waals surface area contributed by atoms with Gasteiger partial charge in [-0.15, -0.1) is 9.24 Å². The molecule has 60 valence electrons. The molecule has 1 rings (SSSR count). The van der Waals surface area contributed by atoms with Gasteiger partial charge in [0.05, 0.1) is 0 Å². The molecular formula is C9H8NOP. The Morgan fingerprint density at radius 3 is 2.50 bits per heavy atom. The van der Waals surface area contributed by atoms with Crippen molar-refractivity contribution in [3.05, 3.63) is 29.8 Å². The Hall–Kier alpha value is -1.19. The summed E-state index contributed by atoms with van der Waals surface area (Å²) in [6, 6.07) is 9.06. The fraction of sp³-hybridized carbons (Fsp3) is 0.111. The minimum atomic E-state index is -0.397. The number of hydrogen-bond donors (Lipinski definition) is 0. The molecule has 0 heterocycles. The molecule has 0 aliphatic rings. The zero-order chi connectivity index (χ0) is 8.97. The van der Waals surface area contributed by atoms with E-state index in [9.17, 15) is 4.79 Å². The summed E-state index contributed by atoms with van der Waals surface area (Å²) >= 11 is 0. The number of benzene rings is 1. The van der Waals surface area contributed by atoms with Gasteiger partial charge in [0.25, 0.3) is 0 Å². The van der Waals surface area contributed by atoms with Gasteiger partial charge in [-0.2, -0.15) is 5.26 Å². The third kappa shape index (κ3) is 2.45. The number of hydrogen-bond acceptors (Lipinski definition) is 2. The van der Waals surface area contributed by atoms with Crippen LogP contribution in [-0.4, -0.2) is 5.78 Å². The van der Waals surface area contributed by atoms with Crippen LogP contribution in [0.2, 0.25) is 0 Å². The average Bonchev–Trinajstić information content (AvgIpc) is 2.09. The van der Waals surface area contributed by atoms with Crippen molar-refractivity contribution < 1.29 is 4.79 Å². The van der Waals surface area contributed by atoms with Crippen LogP contribution in [0.3, 0.4) is 0 Å². The molecule has 0 fully saturated rings. The average molecular weight is 177 g/mol. The fourth-order valence-corrected chi connectivity index (χ4v) is 1.05. The largest absolute Gasteiger partial charge is 0.282 e. The van der Waals surface area contributed by atoms with Crippen molar-refractivity contribution in [3.63, 3.8) is 0 Å². The van der Waals surface area contributed by atoms with Crippen LogP contribution in [0.1, 0.15) is 5.56 Å². The Bertz CT molecular complexity index is 323. The third-order valence-corrected chi connectivity index (χ3v) is 1.85. The molecule has 0 amide bonds. The highest BCUT2D eigenvalue weighted by atomic mass is 31.0. The summed E-state index contributed by atoms with van der Waals surface area (Å²) in [5.74, 6) is -0.397. The Labute approximate surface area is 73.4 Å². The van der Waals surface area contributed by atoms with E-state index in [-0.39, 0.29) is 6.42 Å². The topological polar surface area (TPSA) is 40.9 Å². The number of rotatable bonds is 2. The molecule has 0 spiro atoms. The smallest absolute Gasteiger partial charge is 0.236 e. The van der Waals surface area contributed by atoms with Crippen LogP contribution in [0, 0.1) is 11.3 Å². The first-order valence-electron chi connectivity index (χ1n) is 3.49. The highest BCUT2D eigenvalue weighted by Gasteiger charge is 2.00. The van der Waals surface area contributed by atoms with Gasteiger partial charge in [0, 0.05) is 6.42 Å². The first kappa shape index (κ1) is 8.90. The Morgan fingerprint density at radius 2 is 2.00 bits per heavy atom. The fourth-order valence-electron chi connectivity index (χ4n) is 0.860.